The lowest BCUT2D eigenvalue weighted by atomic mass is 10.1. The third kappa shape index (κ3) is 3.85. The molecular formula is C16H18ClN3O3S. The summed E-state index contributed by atoms with van der Waals surface area (Å²) in [5.74, 6) is -0.380. The number of aryl methyl sites for hydroxylation is 1. The van der Waals surface area contributed by atoms with E-state index in [0.717, 1.165) is 21.8 Å². The van der Waals surface area contributed by atoms with Gasteiger partial charge >= 0.3 is 6.09 Å². The average molecular weight is 368 g/mol. The zero-order chi connectivity index (χ0) is 18.1. The van der Waals surface area contributed by atoms with Crippen LogP contribution in [0.1, 0.15) is 36.0 Å². The third-order valence-corrected chi connectivity index (χ3v) is 4.53. The van der Waals surface area contributed by atoms with Crippen molar-refractivity contribution in [3.63, 3.8) is 0 Å². The van der Waals surface area contributed by atoms with E-state index in [9.17, 15) is 14.7 Å². The molecule has 1 heterocycles. The molecule has 0 saturated carbocycles. The van der Waals surface area contributed by atoms with Crippen LogP contribution in [-0.4, -0.2) is 27.6 Å². The highest BCUT2D eigenvalue weighted by Crippen LogP contribution is 2.30. The average Bonchev–Trinajstić information content (AvgIpc) is 2.90. The van der Waals surface area contributed by atoms with Gasteiger partial charge in [-0.25, -0.2) is 14.7 Å². The monoisotopic (exact) mass is 367 g/mol. The first-order valence-corrected chi connectivity index (χ1v) is 8.36. The Morgan fingerprint density at radius 1 is 1.33 bits per heavy atom. The molecule has 8 heteroatoms. The Kier molecular flexibility index (Phi) is 5.15. The van der Waals surface area contributed by atoms with Crippen LogP contribution in [0.15, 0.2) is 24.4 Å². The molecule has 0 atom stereocenters. The summed E-state index contributed by atoms with van der Waals surface area (Å²) >= 11 is 7.12. The van der Waals surface area contributed by atoms with Crippen LogP contribution in [0.25, 0.3) is 0 Å². The van der Waals surface area contributed by atoms with Crippen molar-refractivity contribution >= 4 is 45.8 Å². The quantitative estimate of drug-likeness (QED) is 0.827. The fraction of sp³-hybridized carbons (Fsp3) is 0.312. The van der Waals surface area contributed by atoms with Crippen molar-refractivity contribution in [2.24, 2.45) is 0 Å². The number of benzene rings is 1. The number of aromatic nitrogens is 1. The van der Waals surface area contributed by atoms with Crippen molar-refractivity contribution in [2.45, 2.75) is 33.2 Å². The van der Waals surface area contributed by atoms with Crippen molar-refractivity contribution in [2.75, 3.05) is 10.2 Å². The minimum absolute atomic E-state index is 0.246. The minimum Gasteiger partial charge on any atom is -0.465 e. The number of carboxylic acid groups (broad SMARTS) is 1. The van der Waals surface area contributed by atoms with Gasteiger partial charge in [-0.1, -0.05) is 35.1 Å². The second kappa shape index (κ2) is 6.78. The van der Waals surface area contributed by atoms with E-state index in [-0.39, 0.29) is 11.0 Å². The maximum atomic E-state index is 12.4. The van der Waals surface area contributed by atoms with Crippen LogP contribution in [0.2, 0.25) is 5.02 Å². The molecule has 1 aromatic carbocycles. The molecule has 0 radical (unpaired) electrons. The summed E-state index contributed by atoms with van der Waals surface area (Å²) in [5, 5.41) is 12.8. The number of halogens is 1. The summed E-state index contributed by atoms with van der Waals surface area (Å²) in [6, 6.07) is 5.32. The van der Waals surface area contributed by atoms with Crippen molar-refractivity contribution in [1.82, 2.24) is 4.98 Å². The molecule has 0 aliphatic carbocycles. The molecule has 1 aromatic heterocycles. The van der Waals surface area contributed by atoms with Gasteiger partial charge in [0.1, 0.15) is 4.88 Å². The van der Waals surface area contributed by atoms with Crippen LogP contribution in [0, 0.1) is 6.92 Å². The predicted molar refractivity (Wildman–Crippen MR) is 96.5 cm³/mol. The van der Waals surface area contributed by atoms with Gasteiger partial charge in [-0.3, -0.25) is 4.79 Å². The molecule has 2 aromatic rings. The Bertz CT molecular complexity index is 763. The topological polar surface area (TPSA) is 82.5 Å². The summed E-state index contributed by atoms with van der Waals surface area (Å²) in [7, 11) is 0. The standard InChI is InChI=1S/C16H18ClN3O3S/c1-9-6-5-7-10(17)12(9)19-13(21)11-8-18-14(24-11)20(15(22)23)16(2,3)4/h5-8H,1-4H3,(H,19,21)(H,22,23). The van der Waals surface area contributed by atoms with Crippen molar-refractivity contribution in [1.29, 1.82) is 0 Å². The number of carbonyl (C=O) groups excluding carboxylic acids is 1. The number of anilines is 2. The van der Waals surface area contributed by atoms with E-state index in [2.05, 4.69) is 10.3 Å². The number of carbonyl (C=O) groups is 2. The summed E-state index contributed by atoms with van der Waals surface area (Å²) < 4.78 is 0. The van der Waals surface area contributed by atoms with E-state index in [1.807, 2.05) is 13.0 Å². The zero-order valence-electron chi connectivity index (χ0n) is 13.8. The lowest BCUT2D eigenvalue weighted by Crippen LogP contribution is -2.45. The smallest absolute Gasteiger partial charge is 0.414 e. The summed E-state index contributed by atoms with van der Waals surface area (Å²) in [4.78, 5) is 29.4. The fourth-order valence-corrected chi connectivity index (χ4v) is 3.36. The lowest BCUT2D eigenvalue weighted by molar-refractivity contribution is 0.103. The SMILES string of the molecule is Cc1cccc(Cl)c1NC(=O)c1cnc(N(C(=O)O)C(C)(C)C)s1. The first kappa shape index (κ1) is 18.2. The van der Waals surface area contributed by atoms with Crippen LogP contribution in [0.3, 0.4) is 0 Å². The van der Waals surface area contributed by atoms with E-state index in [4.69, 9.17) is 11.6 Å². The van der Waals surface area contributed by atoms with E-state index < -0.39 is 11.6 Å². The normalized spacial score (nSPS) is 11.2. The zero-order valence-corrected chi connectivity index (χ0v) is 15.3. The number of thiazole rings is 1. The summed E-state index contributed by atoms with van der Waals surface area (Å²) in [6.45, 7) is 7.12. The molecule has 2 amide bonds. The molecule has 2 rings (SSSR count). The number of para-hydroxylation sites is 1. The van der Waals surface area contributed by atoms with E-state index in [1.54, 1.807) is 32.9 Å². The minimum atomic E-state index is -1.12. The molecular weight excluding hydrogens is 350 g/mol. The van der Waals surface area contributed by atoms with E-state index in [0.29, 0.717) is 15.6 Å². The summed E-state index contributed by atoms with van der Waals surface area (Å²) in [6.07, 6.45) is 0.245. The largest absolute Gasteiger partial charge is 0.465 e. The van der Waals surface area contributed by atoms with Crippen LogP contribution in [-0.2, 0) is 0 Å². The Morgan fingerprint density at radius 2 is 2.00 bits per heavy atom. The van der Waals surface area contributed by atoms with Gasteiger partial charge in [0.05, 0.1) is 16.9 Å². The molecule has 0 aliphatic heterocycles. The van der Waals surface area contributed by atoms with Crippen LogP contribution in [0.5, 0.6) is 0 Å². The maximum absolute atomic E-state index is 12.4. The number of nitrogens with one attached hydrogen (secondary N) is 1. The molecule has 24 heavy (non-hydrogen) atoms. The lowest BCUT2D eigenvalue weighted by Gasteiger charge is -2.30. The molecule has 0 unspecified atom stereocenters. The van der Waals surface area contributed by atoms with E-state index >= 15 is 0 Å². The van der Waals surface area contributed by atoms with Crippen LogP contribution in [0.4, 0.5) is 15.6 Å². The van der Waals surface area contributed by atoms with Gasteiger partial charge < -0.3 is 10.4 Å². The van der Waals surface area contributed by atoms with Gasteiger partial charge in [0.25, 0.3) is 5.91 Å². The highest BCUT2D eigenvalue weighted by atomic mass is 35.5. The first-order chi connectivity index (χ1) is 11.1. The van der Waals surface area contributed by atoms with Gasteiger partial charge in [0.2, 0.25) is 0 Å². The Morgan fingerprint density at radius 3 is 2.54 bits per heavy atom. The molecule has 0 saturated heterocycles. The second-order valence-corrected chi connectivity index (χ2v) is 7.60. The van der Waals surface area contributed by atoms with Gasteiger partial charge in [-0.15, -0.1) is 0 Å². The maximum Gasteiger partial charge on any atom is 0.414 e. The number of rotatable bonds is 3. The number of amides is 2. The summed E-state index contributed by atoms with van der Waals surface area (Å²) in [5.41, 5.74) is 0.698. The Balaban J connectivity index is 2.27. The second-order valence-electron chi connectivity index (χ2n) is 6.18. The van der Waals surface area contributed by atoms with E-state index in [1.165, 1.54) is 6.20 Å². The highest BCUT2D eigenvalue weighted by molar-refractivity contribution is 7.17. The Labute approximate surface area is 149 Å². The molecule has 0 fully saturated rings. The van der Waals surface area contributed by atoms with Gasteiger partial charge in [0, 0.05) is 5.54 Å². The third-order valence-electron chi connectivity index (χ3n) is 3.23. The van der Waals surface area contributed by atoms with Crippen LogP contribution < -0.4 is 10.2 Å². The highest BCUT2D eigenvalue weighted by Gasteiger charge is 2.31. The molecule has 0 aliphatic rings. The van der Waals surface area contributed by atoms with Crippen LogP contribution >= 0.6 is 22.9 Å². The Hall–Kier alpha value is -2.12. The number of hydrogen-bond acceptors (Lipinski definition) is 4. The predicted octanol–water partition coefficient (Wildman–Crippen LogP) is 4.64. The molecule has 128 valence electrons. The van der Waals surface area contributed by atoms with Gasteiger partial charge in [-0.2, -0.15) is 0 Å². The van der Waals surface area contributed by atoms with Crippen molar-refractivity contribution < 1.29 is 14.7 Å². The van der Waals surface area contributed by atoms with Crippen molar-refractivity contribution in [3.05, 3.63) is 39.9 Å². The molecule has 0 bridgehead atoms. The first-order valence-electron chi connectivity index (χ1n) is 7.16. The van der Waals surface area contributed by atoms with Crippen molar-refractivity contribution in [3.8, 4) is 0 Å². The van der Waals surface area contributed by atoms with Gasteiger partial charge in [-0.05, 0) is 39.3 Å². The molecule has 0 spiro atoms. The fourth-order valence-electron chi connectivity index (χ4n) is 2.09. The number of hydrogen-bond donors (Lipinski definition) is 2. The van der Waals surface area contributed by atoms with Gasteiger partial charge in [0.15, 0.2) is 5.13 Å². The number of nitrogens with zero attached hydrogens (tertiary/aromatic N) is 2. The molecule has 2 N–H and O–H groups in total. The molecule has 6 nitrogen and oxygen atoms in total.